The number of aryl methyl sites for hydroxylation is 1. The molecule has 4 rings (SSSR count). The van der Waals surface area contributed by atoms with Crippen molar-refractivity contribution in [2.75, 3.05) is 18.0 Å². The minimum absolute atomic E-state index is 0.183. The van der Waals surface area contributed by atoms with Crippen LogP contribution in [0.25, 0.3) is 0 Å². The number of carbonyl (C=O) groups excluding carboxylic acids is 3. The van der Waals surface area contributed by atoms with E-state index in [1.165, 1.54) is 11.1 Å². The fourth-order valence-electron chi connectivity index (χ4n) is 4.77. The molecule has 6 heteroatoms. The van der Waals surface area contributed by atoms with E-state index in [0.717, 1.165) is 42.7 Å². The number of hydrogen-bond donors (Lipinski definition) is 1. The monoisotopic (exact) mass is 383 g/mol. The van der Waals surface area contributed by atoms with E-state index in [2.05, 4.69) is 31.3 Å². The highest BCUT2D eigenvalue weighted by Crippen LogP contribution is 2.34. The maximum absolute atomic E-state index is 13.0. The van der Waals surface area contributed by atoms with Crippen LogP contribution in [0.2, 0.25) is 0 Å². The Kier molecular flexibility index (Phi) is 4.89. The number of amides is 4. The molecule has 28 heavy (non-hydrogen) atoms. The lowest BCUT2D eigenvalue weighted by Crippen LogP contribution is -2.49. The molecule has 2 fully saturated rings. The van der Waals surface area contributed by atoms with Crippen molar-refractivity contribution < 1.29 is 14.4 Å². The van der Waals surface area contributed by atoms with Crippen LogP contribution in [0.5, 0.6) is 0 Å². The summed E-state index contributed by atoms with van der Waals surface area (Å²) in [4.78, 5) is 41.3. The van der Waals surface area contributed by atoms with E-state index in [1.807, 2.05) is 6.07 Å². The van der Waals surface area contributed by atoms with Gasteiger partial charge in [-0.15, -0.1) is 0 Å². The summed E-state index contributed by atoms with van der Waals surface area (Å²) in [6.45, 7) is 4.76. The van der Waals surface area contributed by atoms with E-state index in [-0.39, 0.29) is 18.4 Å². The lowest BCUT2D eigenvalue weighted by Gasteiger charge is -2.32. The van der Waals surface area contributed by atoms with Gasteiger partial charge in [0.2, 0.25) is 5.91 Å². The number of rotatable bonds is 3. The zero-order valence-corrected chi connectivity index (χ0v) is 16.8. The quantitative estimate of drug-likeness (QED) is 0.814. The van der Waals surface area contributed by atoms with Crippen molar-refractivity contribution in [1.29, 1.82) is 0 Å². The van der Waals surface area contributed by atoms with Gasteiger partial charge in [0, 0.05) is 12.2 Å². The number of urea groups is 1. The van der Waals surface area contributed by atoms with Gasteiger partial charge in [-0.1, -0.05) is 45.2 Å². The highest BCUT2D eigenvalue weighted by Gasteiger charge is 2.51. The maximum Gasteiger partial charge on any atom is 0.325 e. The first kappa shape index (κ1) is 19.0. The summed E-state index contributed by atoms with van der Waals surface area (Å²) in [6, 6.07) is 5.84. The van der Waals surface area contributed by atoms with Gasteiger partial charge in [0.25, 0.3) is 5.91 Å². The number of anilines is 1. The van der Waals surface area contributed by atoms with Gasteiger partial charge in [0.15, 0.2) is 0 Å². The third kappa shape index (κ3) is 3.19. The number of fused-ring (bicyclic) bond motifs is 1. The van der Waals surface area contributed by atoms with E-state index in [1.54, 1.807) is 4.90 Å². The van der Waals surface area contributed by atoms with Crippen LogP contribution in [-0.2, 0) is 16.0 Å². The van der Waals surface area contributed by atoms with E-state index >= 15 is 0 Å². The number of nitrogens with zero attached hydrogens (tertiary/aromatic N) is 2. The van der Waals surface area contributed by atoms with Gasteiger partial charge in [-0.2, -0.15) is 0 Å². The summed E-state index contributed by atoms with van der Waals surface area (Å²) < 4.78 is 0. The average molecular weight is 383 g/mol. The first-order valence-corrected chi connectivity index (χ1v) is 10.5. The molecule has 4 amide bonds. The van der Waals surface area contributed by atoms with Crippen LogP contribution in [0.15, 0.2) is 18.2 Å². The van der Waals surface area contributed by atoms with Crippen molar-refractivity contribution in [3.8, 4) is 0 Å². The zero-order valence-electron chi connectivity index (χ0n) is 16.8. The van der Waals surface area contributed by atoms with Crippen LogP contribution in [0.1, 0.15) is 69.4 Å². The highest BCUT2D eigenvalue weighted by atomic mass is 16.2. The number of imide groups is 1. The molecule has 1 aliphatic carbocycles. The van der Waals surface area contributed by atoms with Gasteiger partial charge in [0.05, 0.1) is 0 Å². The third-order valence-corrected chi connectivity index (χ3v) is 6.44. The lowest BCUT2D eigenvalue weighted by atomic mass is 9.82. The molecule has 1 aromatic rings. The third-order valence-electron chi connectivity index (χ3n) is 6.44. The fraction of sp³-hybridized carbons (Fsp3) is 0.591. The first-order valence-electron chi connectivity index (χ1n) is 10.5. The molecule has 6 nitrogen and oxygen atoms in total. The van der Waals surface area contributed by atoms with Crippen LogP contribution in [0.3, 0.4) is 0 Å². The predicted molar refractivity (Wildman–Crippen MR) is 107 cm³/mol. The largest absolute Gasteiger partial charge is 0.325 e. The molecule has 1 N–H and O–H groups in total. The fourth-order valence-corrected chi connectivity index (χ4v) is 4.77. The second-order valence-electron chi connectivity index (χ2n) is 8.66. The molecule has 0 bridgehead atoms. The Labute approximate surface area is 166 Å². The summed E-state index contributed by atoms with van der Waals surface area (Å²) in [5, 5.41) is 2.88. The molecule has 0 radical (unpaired) electrons. The van der Waals surface area contributed by atoms with Gasteiger partial charge in [-0.25, -0.2) is 4.79 Å². The Morgan fingerprint density at radius 2 is 1.89 bits per heavy atom. The smallest absolute Gasteiger partial charge is 0.323 e. The molecule has 0 aromatic heterocycles. The SMILES string of the molecule is CC(C)c1ccc2c(c1)CCCN2C(=O)CN1C(=O)NC2(CCCCC2)C1=O. The Bertz CT molecular complexity index is 811. The molecule has 0 atom stereocenters. The van der Waals surface area contributed by atoms with Crippen LogP contribution in [0.4, 0.5) is 10.5 Å². The molecule has 2 aliphatic heterocycles. The summed E-state index contributed by atoms with van der Waals surface area (Å²) in [7, 11) is 0. The zero-order chi connectivity index (χ0) is 19.9. The topological polar surface area (TPSA) is 69.7 Å². The van der Waals surface area contributed by atoms with E-state index in [4.69, 9.17) is 0 Å². The standard InChI is InChI=1S/C22H29N3O3/c1-15(2)16-8-9-18-17(13-16)7-6-12-24(18)19(26)14-25-20(27)22(23-21(25)28)10-4-3-5-11-22/h8-9,13,15H,3-7,10-12,14H2,1-2H3,(H,23,28). The Morgan fingerprint density at radius 1 is 1.14 bits per heavy atom. The summed E-state index contributed by atoms with van der Waals surface area (Å²) >= 11 is 0. The molecule has 1 spiro atoms. The molecule has 3 aliphatic rings. The Hall–Kier alpha value is -2.37. The molecule has 2 heterocycles. The Balaban J connectivity index is 1.52. The molecule has 1 saturated carbocycles. The summed E-state index contributed by atoms with van der Waals surface area (Å²) in [5.41, 5.74) is 2.58. The minimum atomic E-state index is -0.776. The van der Waals surface area contributed by atoms with Crippen molar-refractivity contribution >= 4 is 23.5 Å². The van der Waals surface area contributed by atoms with Gasteiger partial charge < -0.3 is 10.2 Å². The van der Waals surface area contributed by atoms with Crippen molar-refractivity contribution in [2.24, 2.45) is 0 Å². The van der Waals surface area contributed by atoms with Gasteiger partial charge in [-0.05, 0) is 48.8 Å². The van der Waals surface area contributed by atoms with Crippen LogP contribution >= 0.6 is 0 Å². The van der Waals surface area contributed by atoms with Crippen LogP contribution < -0.4 is 10.2 Å². The van der Waals surface area contributed by atoms with Gasteiger partial charge in [-0.3, -0.25) is 14.5 Å². The number of carbonyl (C=O) groups is 3. The molecular formula is C22H29N3O3. The molecule has 150 valence electrons. The van der Waals surface area contributed by atoms with Crippen molar-refractivity contribution in [3.05, 3.63) is 29.3 Å². The van der Waals surface area contributed by atoms with Crippen LogP contribution in [-0.4, -0.2) is 41.4 Å². The maximum atomic E-state index is 13.0. The lowest BCUT2D eigenvalue weighted by molar-refractivity contribution is -0.135. The van der Waals surface area contributed by atoms with E-state index < -0.39 is 11.6 Å². The molecule has 0 unspecified atom stereocenters. The molecule has 1 saturated heterocycles. The number of nitrogens with one attached hydrogen (secondary N) is 1. The second-order valence-corrected chi connectivity index (χ2v) is 8.66. The normalized spacial score (nSPS) is 21.2. The van der Waals surface area contributed by atoms with Crippen molar-refractivity contribution in [1.82, 2.24) is 10.2 Å². The van der Waals surface area contributed by atoms with Crippen molar-refractivity contribution in [3.63, 3.8) is 0 Å². The van der Waals surface area contributed by atoms with E-state index in [9.17, 15) is 14.4 Å². The van der Waals surface area contributed by atoms with Gasteiger partial charge >= 0.3 is 6.03 Å². The van der Waals surface area contributed by atoms with E-state index in [0.29, 0.717) is 25.3 Å². The number of benzene rings is 1. The minimum Gasteiger partial charge on any atom is -0.323 e. The highest BCUT2D eigenvalue weighted by molar-refractivity contribution is 6.10. The average Bonchev–Trinajstić information content (AvgIpc) is 2.91. The van der Waals surface area contributed by atoms with Crippen LogP contribution in [0, 0.1) is 0 Å². The first-order chi connectivity index (χ1) is 13.4. The summed E-state index contributed by atoms with van der Waals surface area (Å²) in [6.07, 6.45) is 6.15. The second kappa shape index (κ2) is 7.22. The predicted octanol–water partition coefficient (Wildman–Crippen LogP) is 3.34. The Morgan fingerprint density at radius 3 is 2.61 bits per heavy atom. The summed E-state index contributed by atoms with van der Waals surface area (Å²) in [5.74, 6) is 0.0292. The molecular weight excluding hydrogens is 354 g/mol. The van der Waals surface area contributed by atoms with Crippen molar-refractivity contribution in [2.45, 2.75) is 70.3 Å². The van der Waals surface area contributed by atoms with Gasteiger partial charge in [0.1, 0.15) is 12.1 Å². The number of hydrogen-bond acceptors (Lipinski definition) is 3. The molecule has 1 aromatic carbocycles.